The third kappa shape index (κ3) is 6.61. The average molecular weight is 449 g/mol. The van der Waals surface area contributed by atoms with Crippen molar-refractivity contribution in [1.29, 1.82) is 0 Å². The van der Waals surface area contributed by atoms with E-state index in [1.165, 1.54) is 6.07 Å². The molecule has 0 aromatic heterocycles. The molecule has 0 spiro atoms. The van der Waals surface area contributed by atoms with Crippen LogP contribution in [0.1, 0.15) is 12.0 Å². The molecule has 1 aliphatic heterocycles. The number of likely N-dealkylation sites (N-methyl/N-ethyl adjacent to an activating group) is 1. The van der Waals surface area contributed by atoms with Gasteiger partial charge in [-0.25, -0.2) is 4.79 Å². The van der Waals surface area contributed by atoms with Crippen molar-refractivity contribution in [2.45, 2.75) is 12.6 Å². The number of anilines is 3. The Morgan fingerprint density at radius 3 is 2.31 bits per heavy atom. The second-order valence-electron chi connectivity index (χ2n) is 7.56. The minimum atomic E-state index is -4.61. The van der Waals surface area contributed by atoms with Gasteiger partial charge in [-0.2, -0.15) is 13.2 Å². The summed E-state index contributed by atoms with van der Waals surface area (Å²) >= 11 is 0. The number of carbonyl (C=O) groups is 2. The molecule has 172 valence electrons. The molecule has 1 saturated heterocycles. The van der Waals surface area contributed by atoms with Gasteiger partial charge in [0.25, 0.3) is 0 Å². The summed E-state index contributed by atoms with van der Waals surface area (Å²) in [6, 6.07) is 12.2. The molecular weight excluding hydrogens is 423 g/mol. The highest BCUT2D eigenvalue weighted by Gasteiger charge is 2.35. The maximum absolute atomic E-state index is 13.6. The van der Waals surface area contributed by atoms with Crippen molar-refractivity contribution in [3.63, 3.8) is 0 Å². The molecule has 1 aliphatic rings. The molecule has 3 rings (SSSR count). The summed E-state index contributed by atoms with van der Waals surface area (Å²) in [7, 11) is 1.97. The van der Waals surface area contributed by atoms with Crippen LogP contribution in [0.15, 0.2) is 48.5 Å². The molecule has 3 N–H and O–H groups in total. The summed E-state index contributed by atoms with van der Waals surface area (Å²) in [4.78, 5) is 28.0. The number of amides is 3. The van der Waals surface area contributed by atoms with E-state index in [0.717, 1.165) is 19.2 Å². The number of carbonyl (C=O) groups excluding carboxylic acids is 2. The Kier molecular flexibility index (Phi) is 7.57. The summed E-state index contributed by atoms with van der Waals surface area (Å²) < 4.78 is 40.9. The van der Waals surface area contributed by atoms with Gasteiger partial charge in [0.2, 0.25) is 5.91 Å². The summed E-state index contributed by atoms with van der Waals surface area (Å²) in [5.41, 5.74) is -0.126. The molecule has 2 aromatic rings. The lowest BCUT2D eigenvalue weighted by Gasteiger charge is -2.34. The van der Waals surface area contributed by atoms with Crippen molar-refractivity contribution in [2.24, 2.45) is 0 Å². The highest BCUT2D eigenvalue weighted by atomic mass is 19.4. The van der Waals surface area contributed by atoms with Crippen molar-refractivity contribution in [2.75, 3.05) is 55.3 Å². The predicted molar refractivity (Wildman–Crippen MR) is 118 cm³/mol. The van der Waals surface area contributed by atoms with Crippen LogP contribution < -0.4 is 20.9 Å². The first kappa shape index (κ1) is 23.4. The Hall–Kier alpha value is -3.27. The van der Waals surface area contributed by atoms with Gasteiger partial charge in [0, 0.05) is 50.5 Å². The first-order chi connectivity index (χ1) is 15.2. The quantitative estimate of drug-likeness (QED) is 0.630. The molecule has 3 amide bonds. The Labute approximate surface area is 184 Å². The maximum atomic E-state index is 13.6. The number of piperazine rings is 1. The Bertz CT molecular complexity index is 929. The number of hydrogen-bond acceptors (Lipinski definition) is 4. The van der Waals surface area contributed by atoms with Gasteiger partial charge >= 0.3 is 12.2 Å². The van der Waals surface area contributed by atoms with Crippen molar-refractivity contribution < 1.29 is 22.8 Å². The van der Waals surface area contributed by atoms with Crippen LogP contribution in [0.3, 0.4) is 0 Å². The van der Waals surface area contributed by atoms with E-state index >= 15 is 0 Å². The van der Waals surface area contributed by atoms with E-state index in [-0.39, 0.29) is 18.7 Å². The molecular formula is C22H26F3N5O2. The van der Waals surface area contributed by atoms with Crippen molar-refractivity contribution in [1.82, 2.24) is 10.2 Å². The lowest BCUT2D eigenvalue weighted by Crippen LogP contribution is -2.44. The fraction of sp³-hybridized carbons (Fsp3) is 0.364. The lowest BCUT2D eigenvalue weighted by atomic mass is 10.1. The van der Waals surface area contributed by atoms with E-state index < -0.39 is 23.7 Å². The molecule has 1 heterocycles. The number of hydrogen-bond donors (Lipinski definition) is 3. The molecule has 0 aliphatic carbocycles. The van der Waals surface area contributed by atoms with Crippen LogP contribution in [0.5, 0.6) is 0 Å². The lowest BCUT2D eigenvalue weighted by molar-refractivity contribution is -0.136. The molecule has 0 radical (unpaired) electrons. The van der Waals surface area contributed by atoms with Crippen LogP contribution in [0, 0.1) is 0 Å². The van der Waals surface area contributed by atoms with Gasteiger partial charge in [0.15, 0.2) is 0 Å². The van der Waals surface area contributed by atoms with Crippen LogP contribution in [0.25, 0.3) is 0 Å². The van der Waals surface area contributed by atoms with Gasteiger partial charge in [-0.3, -0.25) is 4.79 Å². The second kappa shape index (κ2) is 10.4. The fourth-order valence-electron chi connectivity index (χ4n) is 3.34. The Balaban J connectivity index is 1.57. The molecule has 10 heteroatoms. The molecule has 2 aromatic carbocycles. The van der Waals surface area contributed by atoms with Gasteiger partial charge in [0.1, 0.15) is 0 Å². The first-order valence-electron chi connectivity index (χ1n) is 10.3. The van der Waals surface area contributed by atoms with Gasteiger partial charge in [-0.15, -0.1) is 0 Å². The molecule has 7 nitrogen and oxygen atoms in total. The zero-order chi connectivity index (χ0) is 23.1. The van der Waals surface area contributed by atoms with Crippen LogP contribution in [-0.2, 0) is 11.0 Å². The molecule has 32 heavy (non-hydrogen) atoms. The molecule has 0 bridgehead atoms. The summed E-state index contributed by atoms with van der Waals surface area (Å²) in [5.74, 6) is -0.622. The number of alkyl halides is 3. The zero-order valence-electron chi connectivity index (χ0n) is 17.7. The van der Waals surface area contributed by atoms with Gasteiger partial charge in [-0.1, -0.05) is 18.2 Å². The van der Waals surface area contributed by atoms with Crippen LogP contribution in [0.4, 0.5) is 35.0 Å². The van der Waals surface area contributed by atoms with E-state index in [9.17, 15) is 22.8 Å². The number of nitrogens with one attached hydrogen (secondary N) is 3. The number of urea groups is 1. The van der Waals surface area contributed by atoms with Gasteiger partial charge < -0.3 is 25.8 Å². The largest absolute Gasteiger partial charge is 0.418 e. The number of benzene rings is 2. The van der Waals surface area contributed by atoms with E-state index in [1.807, 2.05) is 11.9 Å². The van der Waals surface area contributed by atoms with E-state index in [4.69, 9.17) is 0 Å². The van der Waals surface area contributed by atoms with Gasteiger partial charge in [0.05, 0.1) is 11.3 Å². The summed E-state index contributed by atoms with van der Waals surface area (Å²) in [5, 5.41) is 7.42. The highest BCUT2D eigenvalue weighted by Crippen LogP contribution is 2.37. The molecule has 0 saturated carbocycles. The van der Waals surface area contributed by atoms with E-state index in [1.54, 1.807) is 36.4 Å². The standard InChI is InChI=1S/C22H26F3N5O2/c1-29-11-13-30(14-12-29)17-7-8-19(18(15-17)22(23,24)25)28-20(31)9-10-26-21(32)27-16-5-3-2-4-6-16/h2-8,15H,9-14H2,1H3,(H,28,31)(H2,26,27,32). The Morgan fingerprint density at radius 1 is 0.969 bits per heavy atom. The number of halogens is 3. The van der Waals surface area contributed by atoms with Crippen molar-refractivity contribution >= 4 is 29.0 Å². The van der Waals surface area contributed by atoms with Crippen LogP contribution >= 0.6 is 0 Å². The smallest absolute Gasteiger partial charge is 0.369 e. The third-order valence-corrected chi connectivity index (χ3v) is 5.12. The number of rotatable bonds is 6. The summed E-state index contributed by atoms with van der Waals surface area (Å²) in [6.45, 7) is 2.78. The predicted octanol–water partition coefficient (Wildman–Crippen LogP) is 3.61. The monoisotopic (exact) mass is 449 g/mol. The maximum Gasteiger partial charge on any atom is 0.418 e. The first-order valence-corrected chi connectivity index (χ1v) is 10.3. The topological polar surface area (TPSA) is 76.7 Å². The van der Waals surface area contributed by atoms with Gasteiger partial charge in [-0.05, 0) is 37.4 Å². The molecule has 1 fully saturated rings. The SMILES string of the molecule is CN1CCN(c2ccc(NC(=O)CCNC(=O)Nc3ccccc3)c(C(F)(F)F)c2)CC1. The minimum Gasteiger partial charge on any atom is -0.369 e. The van der Waals surface area contributed by atoms with Crippen LogP contribution in [0.2, 0.25) is 0 Å². The number of para-hydroxylation sites is 1. The highest BCUT2D eigenvalue weighted by molar-refractivity contribution is 5.93. The van der Waals surface area contributed by atoms with E-state index in [0.29, 0.717) is 24.5 Å². The Morgan fingerprint density at radius 2 is 1.66 bits per heavy atom. The normalized spacial score (nSPS) is 14.7. The summed E-state index contributed by atoms with van der Waals surface area (Å²) in [6.07, 6.45) is -4.78. The number of nitrogens with zero attached hydrogens (tertiary/aromatic N) is 2. The fourth-order valence-corrected chi connectivity index (χ4v) is 3.34. The molecule has 0 atom stereocenters. The molecule has 0 unspecified atom stereocenters. The zero-order valence-corrected chi connectivity index (χ0v) is 17.7. The van der Waals surface area contributed by atoms with Crippen molar-refractivity contribution in [3.8, 4) is 0 Å². The minimum absolute atomic E-state index is 0.0226. The van der Waals surface area contributed by atoms with E-state index in [2.05, 4.69) is 20.9 Å². The van der Waals surface area contributed by atoms with Crippen molar-refractivity contribution in [3.05, 3.63) is 54.1 Å². The average Bonchev–Trinajstić information content (AvgIpc) is 2.74. The van der Waals surface area contributed by atoms with Crippen LogP contribution in [-0.4, -0.2) is 56.6 Å². The second-order valence-corrected chi connectivity index (χ2v) is 7.56. The third-order valence-electron chi connectivity index (χ3n) is 5.12.